The zero-order valence-corrected chi connectivity index (χ0v) is 33.5. The number of hydrogen-bond donors (Lipinski definition) is 1. The third-order valence-corrected chi connectivity index (χ3v) is 13.7. The van der Waals surface area contributed by atoms with Gasteiger partial charge in [-0.25, -0.2) is 8.42 Å². The van der Waals surface area contributed by atoms with Crippen LogP contribution in [-0.4, -0.2) is 58.7 Å². The van der Waals surface area contributed by atoms with Crippen molar-refractivity contribution >= 4 is 44.4 Å². The average Bonchev–Trinajstić information content (AvgIpc) is 3.09. The van der Waals surface area contributed by atoms with Gasteiger partial charge in [-0.1, -0.05) is 76.8 Å². The quantitative estimate of drug-likeness (QED) is 0.0873. The molecule has 2 aliphatic rings. The number of benzene rings is 4. The molecule has 0 spiro atoms. The van der Waals surface area contributed by atoms with E-state index < -0.39 is 10.1 Å². The second kappa shape index (κ2) is 19.2. The van der Waals surface area contributed by atoms with Crippen LogP contribution >= 0.6 is 7.92 Å². The molecule has 2 fully saturated rings. The first-order chi connectivity index (χ1) is 23.9. The Morgan fingerprint density at radius 3 is 1.52 bits per heavy atom. The van der Waals surface area contributed by atoms with Gasteiger partial charge in [0.1, 0.15) is 0 Å². The van der Waals surface area contributed by atoms with Crippen molar-refractivity contribution in [1.29, 1.82) is 0 Å². The molecule has 0 unspecified atom stereocenters. The summed E-state index contributed by atoms with van der Waals surface area (Å²) in [5.74, 6) is 0. The summed E-state index contributed by atoms with van der Waals surface area (Å²) in [5.41, 5.74) is 16.4. The number of nitrogens with two attached hydrogens (primary N) is 1. The Morgan fingerprint density at radius 2 is 1.06 bits per heavy atom. The van der Waals surface area contributed by atoms with Crippen LogP contribution in [0, 0.1) is 0 Å². The summed E-state index contributed by atoms with van der Waals surface area (Å²) in [7, 11) is 4.69. The standard InChI is InChI=1S/C28H41N2P.C12H10N.CH4O3S.Pd/c1-29(2)25-19-13-20-26(30(3)4)28(25)24-18-11-12-21-27(24)31(22-14-7-5-8-15-22)23-16-9-6-10-17-23;13-12-9-5-4-8-11(12)10-6-2-1-3-7-10;1-5(2,3)4;/h11-13,18-23H,5-10,14-17H2,1-4H3;1-6,8-9H,13H2;1H3,(H,2,3,4);/q;;;+1/p-1. The Balaban J connectivity index is 0.000000243. The first-order valence-corrected chi connectivity index (χ1v) is 21.8. The fourth-order valence-corrected chi connectivity index (χ4v) is 11.7. The fraction of sp³-hybridized carbons (Fsp3) is 0.415. The van der Waals surface area contributed by atoms with Crippen molar-refractivity contribution in [3.63, 3.8) is 0 Å². The normalized spacial score (nSPS) is 15.4. The maximum atomic E-state index is 9.08. The van der Waals surface area contributed by atoms with Crippen LogP contribution in [0.3, 0.4) is 0 Å². The van der Waals surface area contributed by atoms with E-state index in [1.54, 1.807) is 5.30 Å². The summed E-state index contributed by atoms with van der Waals surface area (Å²) >= 11 is 3.23. The predicted octanol–water partition coefficient (Wildman–Crippen LogP) is 8.53. The number of anilines is 3. The van der Waals surface area contributed by atoms with Gasteiger partial charge in [0.2, 0.25) is 0 Å². The Hall–Kier alpha value is -2.72. The zero-order valence-electron chi connectivity index (χ0n) is 30.3. The summed E-state index contributed by atoms with van der Waals surface area (Å²) in [6.45, 7) is 0. The number of rotatable bonds is 7. The van der Waals surface area contributed by atoms with Crippen molar-refractivity contribution in [2.24, 2.45) is 0 Å². The van der Waals surface area contributed by atoms with Gasteiger partial charge in [0.25, 0.3) is 0 Å². The van der Waals surface area contributed by atoms with Crippen molar-refractivity contribution < 1.29 is 32.2 Å². The summed E-state index contributed by atoms with van der Waals surface area (Å²) in [4.78, 5) is 4.59. The summed E-state index contributed by atoms with van der Waals surface area (Å²) in [6, 6.07) is 32.3. The molecule has 4 aromatic rings. The molecule has 0 bridgehead atoms. The maximum absolute atomic E-state index is 9.08. The van der Waals surface area contributed by atoms with Crippen LogP contribution in [0.1, 0.15) is 64.2 Å². The van der Waals surface area contributed by atoms with E-state index in [1.165, 1.54) is 86.7 Å². The monoisotopic (exact) mass is 805 g/mol. The topological polar surface area (TPSA) is 89.7 Å². The van der Waals surface area contributed by atoms with Gasteiger partial charge in [0.15, 0.2) is 0 Å². The second-order valence-corrected chi connectivity index (χ2v) is 18.7. The van der Waals surface area contributed by atoms with E-state index in [4.69, 9.17) is 18.7 Å². The molecule has 6 rings (SSSR count). The van der Waals surface area contributed by atoms with Crippen LogP contribution in [0.25, 0.3) is 22.3 Å². The number of hydrogen-bond acceptors (Lipinski definition) is 6. The Kier molecular flexibility index (Phi) is 15.4. The van der Waals surface area contributed by atoms with E-state index in [1.807, 2.05) is 42.5 Å². The number of para-hydroxylation sites is 1. The fourth-order valence-electron chi connectivity index (χ4n) is 7.27. The van der Waals surface area contributed by atoms with Crippen LogP contribution in [0.4, 0.5) is 17.1 Å². The van der Waals surface area contributed by atoms with E-state index in [-0.39, 0.29) is 7.92 Å². The minimum absolute atomic E-state index is 0.137. The SMILES string of the molecule is CN(C)c1cccc(N(C)C)c1-c1ccccc1P(C1CCCCC1)C1CCCCC1.CS(=O)(=O)[O-].Nc1ccccc1-c1cccc[c]1[Pd+]. The molecule has 0 radical (unpaired) electrons. The number of nitrogens with zero attached hydrogens (tertiary/aromatic N) is 2. The molecule has 0 aliphatic heterocycles. The molecule has 6 nitrogen and oxygen atoms in total. The van der Waals surface area contributed by atoms with Crippen molar-refractivity contribution in [3.8, 4) is 22.3 Å². The van der Waals surface area contributed by atoms with Crippen LogP contribution in [0.5, 0.6) is 0 Å². The Labute approximate surface area is 313 Å². The van der Waals surface area contributed by atoms with Gasteiger partial charge < -0.3 is 14.4 Å². The molecule has 4 aromatic carbocycles. The second-order valence-electron chi connectivity index (χ2n) is 13.7. The molecule has 0 aromatic heterocycles. The first-order valence-electron chi connectivity index (χ1n) is 17.7. The van der Waals surface area contributed by atoms with Gasteiger partial charge in [0, 0.05) is 51.4 Å². The molecular formula is C41H54N3O3PPdS. The summed E-state index contributed by atoms with van der Waals surface area (Å²) < 4.78 is 28.3. The predicted molar refractivity (Wildman–Crippen MR) is 212 cm³/mol. The number of nitrogen functional groups attached to an aromatic ring is 1. The van der Waals surface area contributed by atoms with Gasteiger partial charge >= 0.3 is 94.3 Å². The molecule has 0 amide bonds. The van der Waals surface area contributed by atoms with Gasteiger partial charge in [0.05, 0.1) is 10.1 Å². The molecule has 0 saturated heterocycles. The molecule has 2 N–H and O–H groups in total. The van der Waals surface area contributed by atoms with Gasteiger partial charge in [-0.15, -0.1) is 0 Å². The van der Waals surface area contributed by atoms with Gasteiger partial charge in [-0.2, -0.15) is 0 Å². The third kappa shape index (κ3) is 11.4. The van der Waals surface area contributed by atoms with Gasteiger partial charge in [-0.3, -0.25) is 0 Å². The van der Waals surface area contributed by atoms with E-state index in [9.17, 15) is 0 Å². The van der Waals surface area contributed by atoms with Crippen LogP contribution in [-0.2, 0) is 29.3 Å². The molecule has 2 aliphatic carbocycles. The van der Waals surface area contributed by atoms with E-state index in [0.29, 0.717) is 6.26 Å². The van der Waals surface area contributed by atoms with Crippen LogP contribution < -0.4 is 24.9 Å². The minimum atomic E-state index is -3.92. The zero-order chi connectivity index (χ0) is 36.3. The molecule has 0 atom stereocenters. The molecule has 0 heterocycles. The van der Waals surface area contributed by atoms with Crippen molar-refractivity contribution in [2.45, 2.75) is 75.5 Å². The van der Waals surface area contributed by atoms with E-state index in [2.05, 4.69) is 106 Å². The van der Waals surface area contributed by atoms with E-state index >= 15 is 0 Å². The molecule has 9 heteroatoms. The first kappa shape index (κ1) is 40.1. The van der Waals surface area contributed by atoms with Crippen molar-refractivity contribution in [1.82, 2.24) is 0 Å². The third-order valence-electron chi connectivity index (χ3n) is 9.47. The molecule has 272 valence electrons. The molecule has 50 heavy (non-hydrogen) atoms. The Bertz CT molecular complexity index is 1670. The van der Waals surface area contributed by atoms with Crippen LogP contribution in [0.2, 0.25) is 0 Å². The summed E-state index contributed by atoms with van der Waals surface area (Å²) in [5, 5.41) is 1.69. The van der Waals surface area contributed by atoms with Gasteiger partial charge in [-0.05, 0) is 60.0 Å². The Morgan fingerprint density at radius 1 is 0.640 bits per heavy atom. The van der Waals surface area contributed by atoms with Crippen molar-refractivity contribution in [2.75, 3.05) is 50.0 Å². The summed E-state index contributed by atoms with van der Waals surface area (Å²) in [6.07, 6.45) is 15.1. The van der Waals surface area contributed by atoms with Crippen molar-refractivity contribution in [3.05, 3.63) is 91.0 Å². The molecule has 2 saturated carbocycles. The van der Waals surface area contributed by atoms with E-state index in [0.717, 1.165) is 32.2 Å². The average molecular weight is 806 g/mol. The molecular weight excluding hydrogens is 752 g/mol. The van der Waals surface area contributed by atoms with Crippen LogP contribution in [0.15, 0.2) is 91.0 Å².